The van der Waals surface area contributed by atoms with Gasteiger partial charge in [-0.25, -0.2) is 9.37 Å². The summed E-state index contributed by atoms with van der Waals surface area (Å²) >= 11 is 1.67. The maximum Gasteiger partial charge on any atom is 0.126 e. The topological polar surface area (TPSA) is 45.2 Å². The zero-order valence-corrected chi connectivity index (χ0v) is 12.9. The van der Waals surface area contributed by atoms with Gasteiger partial charge in [0.1, 0.15) is 11.6 Å². The summed E-state index contributed by atoms with van der Waals surface area (Å²) in [4.78, 5) is 5.61. The summed E-state index contributed by atoms with van der Waals surface area (Å²) in [5.41, 5.74) is 1.72. The first-order valence-corrected chi connectivity index (χ1v) is 7.38. The van der Waals surface area contributed by atoms with Crippen molar-refractivity contribution in [3.8, 4) is 5.75 Å². The van der Waals surface area contributed by atoms with Gasteiger partial charge in [0.15, 0.2) is 0 Å². The summed E-state index contributed by atoms with van der Waals surface area (Å²) in [5, 5.41) is 14.3. The third-order valence-corrected chi connectivity index (χ3v) is 4.55. The van der Waals surface area contributed by atoms with Crippen LogP contribution in [0.25, 0.3) is 0 Å². The maximum atomic E-state index is 13.0. The molecule has 2 unspecified atom stereocenters. The van der Waals surface area contributed by atoms with E-state index in [9.17, 15) is 9.50 Å². The molecule has 0 amide bonds. The smallest absolute Gasteiger partial charge is 0.126 e. The molecule has 0 radical (unpaired) electrons. The van der Waals surface area contributed by atoms with E-state index in [0.717, 1.165) is 16.8 Å². The van der Waals surface area contributed by atoms with Crippen molar-refractivity contribution in [3.63, 3.8) is 0 Å². The van der Waals surface area contributed by atoms with Crippen molar-refractivity contribution in [1.29, 1.82) is 0 Å². The summed E-state index contributed by atoms with van der Waals surface area (Å²) < 4.78 is 13.0. The third-order valence-electron chi connectivity index (χ3n) is 3.29. The molecule has 0 aliphatic carbocycles. The summed E-state index contributed by atoms with van der Waals surface area (Å²) in [6.45, 7) is 8.00. The van der Waals surface area contributed by atoms with Crippen LogP contribution in [0.15, 0.2) is 18.2 Å². The number of phenolic OH excluding ortho intramolecular Hbond substituents is 1. The molecule has 1 aromatic heterocycles. The van der Waals surface area contributed by atoms with Gasteiger partial charge in [0, 0.05) is 28.6 Å². The molecule has 0 saturated carbocycles. The van der Waals surface area contributed by atoms with Gasteiger partial charge in [0.05, 0.1) is 10.7 Å². The number of thiazole rings is 1. The number of hydrogen-bond acceptors (Lipinski definition) is 4. The van der Waals surface area contributed by atoms with Gasteiger partial charge in [-0.3, -0.25) is 0 Å². The van der Waals surface area contributed by atoms with Crippen molar-refractivity contribution >= 4 is 11.3 Å². The van der Waals surface area contributed by atoms with E-state index in [1.54, 1.807) is 17.4 Å². The Morgan fingerprint density at radius 3 is 2.50 bits per heavy atom. The molecule has 1 aromatic carbocycles. The summed E-state index contributed by atoms with van der Waals surface area (Å²) in [6.07, 6.45) is 0. The quantitative estimate of drug-likeness (QED) is 0.895. The molecule has 0 aliphatic rings. The Kier molecular flexibility index (Phi) is 4.40. The van der Waals surface area contributed by atoms with Crippen molar-refractivity contribution in [3.05, 3.63) is 45.2 Å². The number of hydrogen-bond donors (Lipinski definition) is 2. The molecule has 0 aliphatic heterocycles. The Morgan fingerprint density at radius 1 is 1.25 bits per heavy atom. The number of aromatic nitrogens is 1. The minimum atomic E-state index is -0.430. The predicted octanol–water partition coefficient (Wildman–Crippen LogP) is 4.02. The Labute approximate surface area is 122 Å². The Bertz CT molecular complexity index is 612. The molecule has 108 valence electrons. The molecule has 0 saturated heterocycles. The minimum Gasteiger partial charge on any atom is -0.508 e. The van der Waals surface area contributed by atoms with Crippen LogP contribution in [0.5, 0.6) is 5.75 Å². The van der Waals surface area contributed by atoms with Crippen LogP contribution in [0.2, 0.25) is 0 Å². The summed E-state index contributed by atoms with van der Waals surface area (Å²) in [5.74, 6) is -0.449. The van der Waals surface area contributed by atoms with Gasteiger partial charge in [0.25, 0.3) is 0 Å². The molecule has 0 bridgehead atoms. The van der Waals surface area contributed by atoms with Crippen molar-refractivity contribution in [2.45, 2.75) is 39.8 Å². The lowest BCUT2D eigenvalue weighted by Crippen LogP contribution is -2.22. The largest absolute Gasteiger partial charge is 0.508 e. The van der Waals surface area contributed by atoms with Crippen LogP contribution in [-0.4, -0.2) is 10.1 Å². The van der Waals surface area contributed by atoms with Gasteiger partial charge >= 0.3 is 0 Å². The lowest BCUT2D eigenvalue weighted by atomic mass is 10.1. The molecule has 20 heavy (non-hydrogen) atoms. The molecule has 1 heterocycles. The number of nitrogens with zero attached hydrogens (tertiary/aromatic N) is 1. The van der Waals surface area contributed by atoms with Gasteiger partial charge in [-0.15, -0.1) is 11.3 Å². The predicted molar refractivity (Wildman–Crippen MR) is 79.6 cm³/mol. The normalized spacial score (nSPS) is 14.2. The lowest BCUT2D eigenvalue weighted by Gasteiger charge is -2.20. The molecule has 2 aromatic rings. The standard InChI is InChI=1S/C15H19FN2OS/c1-8(13-6-5-12(16)7-14(13)19)17-9(2)15-10(3)18-11(4)20-15/h5-9,17,19H,1-4H3. The van der Waals surface area contributed by atoms with Crippen LogP contribution < -0.4 is 5.32 Å². The van der Waals surface area contributed by atoms with E-state index < -0.39 is 5.82 Å². The van der Waals surface area contributed by atoms with E-state index in [1.807, 2.05) is 20.8 Å². The molecule has 3 nitrogen and oxygen atoms in total. The molecule has 2 N–H and O–H groups in total. The summed E-state index contributed by atoms with van der Waals surface area (Å²) in [6, 6.07) is 4.16. The first-order valence-electron chi connectivity index (χ1n) is 6.57. The average molecular weight is 294 g/mol. The van der Waals surface area contributed by atoms with Gasteiger partial charge in [0.2, 0.25) is 0 Å². The number of phenols is 1. The highest BCUT2D eigenvalue weighted by Crippen LogP contribution is 2.29. The Balaban J connectivity index is 2.14. The van der Waals surface area contributed by atoms with E-state index in [2.05, 4.69) is 17.2 Å². The number of rotatable bonds is 4. The highest BCUT2D eigenvalue weighted by atomic mass is 32.1. The molecule has 0 spiro atoms. The van der Waals surface area contributed by atoms with Crippen molar-refractivity contribution in [2.24, 2.45) is 0 Å². The van der Waals surface area contributed by atoms with Crippen LogP contribution in [0.4, 0.5) is 4.39 Å². The number of aromatic hydroxyl groups is 1. The second-order valence-corrected chi connectivity index (χ2v) is 6.23. The Morgan fingerprint density at radius 2 is 1.95 bits per heavy atom. The summed E-state index contributed by atoms with van der Waals surface area (Å²) in [7, 11) is 0. The lowest BCUT2D eigenvalue weighted by molar-refractivity contribution is 0.435. The second-order valence-electron chi connectivity index (χ2n) is 5.00. The highest BCUT2D eigenvalue weighted by Gasteiger charge is 2.17. The van der Waals surface area contributed by atoms with Crippen LogP contribution in [0.3, 0.4) is 0 Å². The first-order chi connectivity index (χ1) is 9.38. The minimum absolute atomic E-state index is 0.0191. The number of halogens is 1. The van der Waals surface area contributed by atoms with Gasteiger partial charge in [-0.1, -0.05) is 6.07 Å². The highest BCUT2D eigenvalue weighted by molar-refractivity contribution is 7.11. The van der Waals surface area contributed by atoms with Gasteiger partial charge < -0.3 is 10.4 Å². The van der Waals surface area contributed by atoms with Gasteiger partial charge in [-0.05, 0) is 33.8 Å². The zero-order valence-electron chi connectivity index (χ0n) is 12.1. The molecule has 2 atom stereocenters. The van der Waals surface area contributed by atoms with Crippen molar-refractivity contribution in [1.82, 2.24) is 10.3 Å². The van der Waals surface area contributed by atoms with E-state index >= 15 is 0 Å². The Hall–Kier alpha value is -1.46. The van der Waals surface area contributed by atoms with E-state index in [1.165, 1.54) is 10.9 Å². The third kappa shape index (κ3) is 3.16. The van der Waals surface area contributed by atoms with Crippen LogP contribution >= 0.6 is 11.3 Å². The van der Waals surface area contributed by atoms with Crippen molar-refractivity contribution < 1.29 is 9.50 Å². The van der Waals surface area contributed by atoms with Gasteiger partial charge in [-0.2, -0.15) is 0 Å². The molecule has 2 rings (SSSR count). The monoisotopic (exact) mass is 294 g/mol. The van der Waals surface area contributed by atoms with Crippen LogP contribution in [-0.2, 0) is 0 Å². The number of nitrogens with one attached hydrogen (secondary N) is 1. The molecular weight excluding hydrogens is 275 g/mol. The molecule has 0 fully saturated rings. The number of benzene rings is 1. The maximum absolute atomic E-state index is 13.0. The fraction of sp³-hybridized carbons (Fsp3) is 0.400. The van der Waals surface area contributed by atoms with Crippen LogP contribution in [0.1, 0.15) is 47.1 Å². The number of aryl methyl sites for hydroxylation is 2. The van der Waals surface area contributed by atoms with Crippen LogP contribution in [0, 0.1) is 19.7 Å². The molecular formula is C15H19FN2OS. The first kappa shape index (κ1) is 14.9. The average Bonchev–Trinajstić information content (AvgIpc) is 2.68. The zero-order chi connectivity index (χ0) is 14.9. The fourth-order valence-electron chi connectivity index (χ4n) is 2.37. The second kappa shape index (κ2) is 5.89. The van der Waals surface area contributed by atoms with Crippen molar-refractivity contribution in [2.75, 3.05) is 0 Å². The fourth-order valence-corrected chi connectivity index (χ4v) is 3.31. The van der Waals surface area contributed by atoms with E-state index in [4.69, 9.17) is 0 Å². The van der Waals surface area contributed by atoms with E-state index in [0.29, 0.717) is 5.56 Å². The molecule has 5 heteroatoms. The SMILES string of the molecule is Cc1nc(C)c(C(C)NC(C)c2ccc(F)cc2O)s1. The van der Waals surface area contributed by atoms with E-state index in [-0.39, 0.29) is 17.8 Å².